The van der Waals surface area contributed by atoms with Crippen molar-refractivity contribution in [2.45, 2.75) is 12.8 Å². The number of carbonyl (C=O) groups is 1. The molecule has 2 fully saturated rings. The topological polar surface area (TPSA) is 32.3 Å². The summed E-state index contributed by atoms with van der Waals surface area (Å²) in [6, 6.07) is 3.31. The van der Waals surface area contributed by atoms with Gasteiger partial charge in [-0.25, -0.2) is 8.78 Å². The van der Waals surface area contributed by atoms with Gasteiger partial charge >= 0.3 is 0 Å². The van der Waals surface area contributed by atoms with Crippen LogP contribution in [0.15, 0.2) is 18.2 Å². The highest BCUT2D eigenvalue weighted by Gasteiger charge is 2.45. The van der Waals surface area contributed by atoms with Gasteiger partial charge in [0.25, 0.3) is 5.91 Å². The largest absolute Gasteiger partial charge is 0.337 e. The second-order valence-corrected chi connectivity index (χ2v) is 5.57. The quantitative estimate of drug-likeness (QED) is 0.840. The van der Waals surface area contributed by atoms with Gasteiger partial charge in [0.2, 0.25) is 0 Å². The summed E-state index contributed by atoms with van der Waals surface area (Å²) < 4.78 is 26.0. The van der Waals surface area contributed by atoms with Crippen LogP contribution >= 0.6 is 0 Å². The zero-order chi connectivity index (χ0) is 13.5. The first-order chi connectivity index (χ1) is 9.10. The summed E-state index contributed by atoms with van der Waals surface area (Å²) in [6.45, 7) is 3.39. The molecule has 1 aromatic rings. The van der Waals surface area contributed by atoms with E-state index in [-0.39, 0.29) is 16.9 Å². The summed E-state index contributed by atoms with van der Waals surface area (Å²) in [5, 5.41) is 3.35. The fourth-order valence-electron chi connectivity index (χ4n) is 3.02. The first-order valence-corrected chi connectivity index (χ1v) is 6.55. The minimum atomic E-state index is -0.972. The molecule has 0 unspecified atom stereocenters. The van der Waals surface area contributed by atoms with Crippen molar-refractivity contribution in [2.24, 2.45) is 5.41 Å². The van der Waals surface area contributed by atoms with E-state index in [1.165, 1.54) is 6.07 Å². The van der Waals surface area contributed by atoms with Crippen LogP contribution in [0.3, 0.4) is 0 Å². The normalized spacial score (nSPS) is 21.3. The minimum Gasteiger partial charge on any atom is -0.337 e. The Hall–Kier alpha value is -1.49. The summed E-state index contributed by atoms with van der Waals surface area (Å²) >= 11 is 0. The van der Waals surface area contributed by atoms with Crippen molar-refractivity contribution in [1.82, 2.24) is 10.2 Å². The predicted octanol–water partition coefficient (Wildman–Crippen LogP) is 1.79. The number of halogens is 2. The fourth-order valence-corrected chi connectivity index (χ4v) is 3.02. The number of amides is 1. The lowest BCUT2D eigenvalue weighted by atomic mass is 9.74. The van der Waals surface area contributed by atoms with E-state index in [1.807, 2.05) is 0 Å². The Morgan fingerprint density at radius 3 is 2.68 bits per heavy atom. The molecule has 3 nitrogen and oxygen atoms in total. The molecule has 0 bridgehead atoms. The number of benzene rings is 1. The first-order valence-electron chi connectivity index (χ1n) is 6.55. The zero-order valence-corrected chi connectivity index (χ0v) is 10.6. The number of piperidine rings is 1. The van der Waals surface area contributed by atoms with E-state index in [0.717, 1.165) is 38.1 Å². The molecule has 19 heavy (non-hydrogen) atoms. The van der Waals surface area contributed by atoms with Crippen molar-refractivity contribution in [2.75, 3.05) is 26.2 Å². The van der Waals surface area contributed by atoms with Crippen molar-refractivity contribution < 1.29 is 13.6 Å². The van der Waals surface area contributed by atoms with Gasteiger partial charge in [0.15, 0.2) is 11.6 Å². The summed E-state index contributed by atoms with van der Waals surface area (Å²) in [5.74, 6) is -2.11. The number of nitrogens with zero attached hydrogens (tertiary/aromatic N) is 1. The third-order valence-electron chi connectivity index (χ3n) is 4.07. The molecule has 102 valence electrons. The fraction of sp³-hybridized carbons (Fsp3) is 0.500. The van der Waals surface area contributed by atoms with E-state index >= 15 is 0 Å². The summed E-state index contributed by atoms with van der Waals surface area (Å²) in [7, 11) is 0. The molecule has 1 N–H and O–H groups in total. The van der Waals surface area contributed by atoms with E-state index in [1.54, 1.807) is 4.90 Å². The van der Waals surface area contributed by atoms with Crippen molar-refractivity contribution >= 4 is 5.91 Å². The standard InChI is InChI=1S/C14H16F2N2O/c15-11-3-2-10(6-12(11)16)13(19)18-8-14(9-18)4-1-5-17-7-14/h2-3,6,17H,1,4-5,7-9H2. The average molecular weight is 266 g/mol. The molecule has 5 heteroatoms. The summed E-state index contributed by atoms with van der Waals surface area (Å²) in [6.07, 6.45) is 2.26. The van der Waals surface area contributed by atoms with E-state index in [4.69, 9.17) is 0 Å². The van der Waals surface area contributed by atoms with Gasteiger partial charge in [-0.2, -0.15) is 0 Å². The minimum absolute atomic E-state index is 0.201. The maximum absolute atomic E-state index is 13.1. The molecule has 2 heterocycles. The first kappa shape index (κ1) is 12.5. The van der Waals surface area contributed by atoms with E-state index < -0.39 is 11.6 Å². The van der Waals surface area contributed by atoms with E-state index in [2.05, 4.69) is 5.32 Å². The smallest absolute Gasteiger partial charge is 0.254 e. The molecule has 3 rings (SSSR count). The monoisotopic (exact) mass is 266 g/mol. The molecular formula is C14H16F2N2O. The van der Waals surface area contributed by atoms with Crippen LogP contribution < -0.4 is 5.32 Å². The van der Waals surface area contributed by atoms with Gasteiger partial charge in [-0.1, -0.05) is 0 Å². The number of hydrogen-bond acceptors (Lipinski definition) is 2. The number of likely N-dealkylation sites (tertiary alicyclic amines) is 1. The lowest BCUT2D eigenvalue weighted by Gasteiger charge is -2.52. The molecule has 0 radical (unpaired) electrons. The average Bonchev–Trinajstić information content (AvgIpc) is 2.39. The predicted molar refractivity (Wildman–Crippen MR) is 66.8 cm³/mol. The molecule has 1 aromatic carbocycles. The van der Waals surface area contributed by atoms with Crippen LogP contribution in [0.25, 0.3) is 0 Å². The van der Waals surface area contributed by atoms with Crippen LogP contribution in [-0.2, 0) is 0 Å². The molecule has 0 atom stereocenters. The Morgan fingerprint density at radius 1 is 1.26 bits per heavy atom. The third kappa shape index (κ3) is 2.23. The number of nitrogens with one attached hydrogen (secondary N) is 1. The Bertz CT molecular complexity index is 504. The maximum atomic E-state index is 13.1. The molecule has 1 spiro atoms. The third-order valence-corrected chi connectivity index (χ3v) is 4.07. The van der Waals surface area contributed by atoms with Gasteiger partial charge < -0.3 is 10.2 Å². The number of rotatable bonds is 1. The number of hydrogen-bond donors (Lipinski definition) is 1. The molecule has 0 aliphatic carbocycles. The Balaban J connectivity index is 1.67. The van der Waals surface area contributed by atoms with Crippen molar-refractivity contribution in [3.8, 4) is 0 Å². The van der Waals surface area contributed by atoms with Gasteiger partial charge in [-0.05, 0) is 37.6 Å². The van der Waals surface area contributed by atoms with Gasteiger partial charge in [-0.3, -0.25) is 4.79 Å². The molecule has 2 aliphatic heterocycles. The van der Waals surface area contributed by atoms with Gasteiger partial charge in [0.1, 0.15) is 0 Å². The molecule has 0 aromatic heterocycles. The van der Waals surface area contributed by atoms with E-state index in [0.29, 0.717) is 13.1 Å². The Kier molecular flexibility index (Phi) is 3.01. The van der Waals surface area contributed by atoms with Crippen LogP contribution in [0.5, 0.6) is 0 Å². The lowest BCUT2D eigenvalue weighted by molar-refractivity contribution is -0.00725. The Labute approximate surface area is 110 Å². The molecule has 1 amide bonds. The van der Waals surface area contributed by atoms with E-state index in [9.17, 15) is 13.6 Å². The van der Waals surface area contributed by atoms with Gasteiger partial charge in [0, 0.05) is 30.6 Å². The molecule has 0 saturated carbocycles. The number of carbonyl (C=O) groups excluding carboxylic acids is 1. The van der Waals surface area contributed by atoms with Gasteiger partial charge in [0.05, 0.1) is 0 Å². The maximum Gasteiger partial charge on any atom is 0.254 e. The highest BCUT2D eigenvalue weighted by Crippen LogP contribution is 2.37. The van der Waals surface area contributed by atoms with Crippen molar-refractivity contribution in [3.63, 3.8) is 0 Å². The van der Waals surface area contributed by atoms with Crippen molar-refractivity contribution in [1.29, 1.82) is 0 Å². The second kappa shape index (κ2) is 4.56. The summed E-state index contributed by atoms with van der Waals surface area (Å²) in [5.41, 5.74) is 0.421. The molecular weight excluding hydrogens is 250 g/mol. The van der Waals surface area contributed by atoms with Crippen LogP contribution in [-0.4, -0.2) is 37.0 Å². The van der Waals surface area contributed by atoms with Crippen LogP contribution in [0.1, 0.15) is 23.2 Å². The second-order valence-electron chi connectivity index (χ2n) is 5.57. The highest BCUT2D eigenvalue weighted by atomic mass is 19.2. The lowest BCUT2D eigenvalue weighted by Crippen LogP contribution is -2.63. The van der Waals surface area contributed by atoms with Crippen LogP contribution in [0.4, 0.5) is 8.78 Å². The SMILES string of the molecule is O=C(c1ccc(F)c(F)c1)N1CC2(CCCNC2)C1. The van der Waals surface area contributed by atoms with Crippen molar-refractivity contribution in [3.05, 3.63) is 35.4 Å². The Morgan fingerprint density at radius 2 is 2.05 bits per heavy atom. The highest BCUT2D eigenvalue weighted by molar-refractivity contribution is 5.94. The van der Waals surface area contributed by atoms with Crippen LogP contribution in [0.2, 0.25) is 0 Å². The van der Waals surface area contributed by atoms with Gasteiger partial charge in [-0.15, -0.1) is 0 Å². The van der Waals surface area contributed by atoms with Crippen LogP contribution in [0, 0.1) is 17.0 Å². The molecule has 2 saturated heterocycles. The summed E-state index contributed by atoms with van der Waals surface area (Å²) in [4.78, 5) is 13.8. The zero-order valence-electron chi connectivity index (χ0n) is 10.6. The molecule has 2 aliphatic rings.